The zero-order valence-corrected chi connectivity index (χ0v) is 14.8. The second-order valence-corrected chi connectivity index (χ2v) is 7.60. The summed E-state index contributed by atoms with van der Waals surface area (Å²) in [7, 11) is 0. The van der Waals surface area contributed by atoms with Crippen LogP contribution in [0.5, 0.6) is 0 Å². The Morgan fingerprint density at radius 2 is 1.57 bits per heavy atom. The van der Waals surface area contributed by atoms with Crippen LogP contribution in [0.3, 0.4) is 0 Å². The van der Waals surface area contributed by atoms with Crippen LogP contribution < -0.4 is 5.32 Å². The summed E-state index contributed by atoms with van der Waals surface area (Å²) in [6.07, 6.45) is 5.52. The van der Waals surface area contributed by atoms with Crippen molar-refractivity contribution < 1.29 is 14.4 Å². The molecular formula is C18H30N2O3. The third kappa shape index (κ3) is 3.93. The van der Waals surface area contributed by atoms with Gasteiger partial charge < -0.3 is 5.32 Å². The number of hydrogen-bond acceptors (Lipinski definition) is 3. The topological polar surface area (TPSA) is 66.5 Å². The summed E-state index contributed by atoms with van der Waals surface area (Å²) in [4.78, 5) is 38.7. The molecule has 5 nitrogen and oxygen atoms in total. The van der Waals surface area contributed by atoms with Gasteiger partial charge in [-0.05, 0) is 45.4 Å². The SMILES string of the molecule is CC(C)CCC(C)NC(=O)C(C)N1C(=O)C2CCCCC2C1=O. The minimum absolute atomic E-state index is 0.0578. The molecule has 1 aliphatic carbocycles. The number of nitrogens with zero attached hydrogens (tertiary/aromatic N) is 1. The van der Waals surface area contributed by atoms with Gasteiger partial charge in [0, 0.05) is 6.04 Å². The average Bonchev–Trinajstić information content (AvgIpc) is 2.76. The lowest BCUT2D eigenvalue weighted by Crippen LogP contribution is -2.50. The van der Waals surface area contributed by atoms with E-state index in [1.54, 1.807) is 6.92 Å². The second kappa shape index (κ2) is 7.45. The lowest BCUT2D eigenvalue weighted by atomic mass is 9.81. The largest absolute Gasteiger partial charge is 0.352 e. The van der Waals surface area contributed by atoms with Crippen molar-refractivity contribution in [1.29, 1.82) is 0 Å². The summed E-state index contributed by atoms with van der Waals surface area (Å²) < 4.78 is 0. The summed E-state index contributed by atoms with van der Waals surface area (Å²) in [5, 5.41) is 2.95. The van der Waals surface area contributed by atoms with E-state index >= 15 is 0 Å². The maximum absolute atomic E-state index is 12.5. The monoisotopic (exact) mass is 322 g/mol. The number of fused-ring (bicyclic) bond motifs is 1. The Bertz CT molecular complexity index is 451. The number of imide groups is 1. The van der Waals surface area contributed by atoms with Crippen LogP contribution in [0.1, 0.15) is 66.2 Å². The molecule has 2 aliphatic rings. The first-order valence-electron chi connectivity index (χ1n) is 9.00. The fourth-order valence-electron chi connectivity index (χ4n) is 3.71. The zero-order valence-electron chi connectivity index (χ0n) is 14.8. The number of amides is 3. The van der Waals surface area contributed by atoms with E-state index in [0.717, 1.165) is 38.5 Å². The van der Waals surface area contributed by atoms with Gasteiger partial charge in [-0.3, -0.25) is 19.3 Å². The summed E-state index contributed by atoms with van der Waals surface area (Å²) >= 11 is 0. The third-order valence-electron chi connectivity index (χ3n) is 5.21. The van der Waals surface area contributed by atoms with E-state index in [0.29, 0.717) is 5.92 Å². The van der Waals surface area contributed by atoms with Crippen LogP contribution in [0, 0.1) is 17.8 Å². The zero-order chi connectivity index (χ0) is 17.1. The molecule has 1 saturated carbocycles. The van der Waals surface area contributed by atoms with Crippen molar-refractivity contribution in [3.8, 4) is 0 Å². The highest BCUT2D eigenvalue weighted by atomic mass is 16.2. The molecule has 3 amide bonds. The average molecular weight is 322 g/mol. The molecule has 0 aromatic carbocycles. The molecule has 1 saturated heterocycles. The number of nitrogens with one attached hydrogen (secondary N) is 1. The minimum atomic E-state index is -0.706. The van der Waals surface area contributed by atoms with Gasteiger partial charge in [-0.25, -0.2) is 0 Å². The van der Waals surface area contributed by atoms with Crippen LogP contribution in [-0.4, -0.2) is 34.7 Å². The number of carbonyl (C=O) groups excluding carboxylic acids is 3. The molecule has 23 heavy (non-hydrogen) atoms. The molecule has 2 fully saturated rings. The Morgan fingerprint density at radius 1 is 1.04 bits per heavy atom. The minimum Gasteiger partial charge on any atom is -0.352 e. The molecule has 130 valence electrons. The molecule has 0 aromatic heterocycles. The van der Waals surface area contributed by atoms with E-state index in [4.69, 9.17) is 0 Å². The van der Waals surface area contributed by atoms with E-state index in [2.05, 4.69) is 19.2 Å². The van der Waals surface area contributed by atoms with Gasteiger partial charge >= 0.3 is 0 Å². The maximum atomic E-state index is 12.5. The molecule has 1 N–H and O–H groups in total. The lowest BCUT2D eigenvalue weighted by molar-refractivity contribution is -0.147. The molecule has 4 atom stereocenters. The van der Waals surface area contributed by atoms with Crippen molar-refractivity contribution in [1.82, 2.24) is 10.2 Å². The van der Waals surface area contributed by atoms with Crippen LogP contribution in [0.4, 0.5) is 0 Å². The summed E-state index contributed by atoms with van der Waals surface area (Å²) in [5.41, 5.74) is 0. The van der Waals surface area contributed by atoms with E-state index in [1.165, 1.54) is 4.90 Å². The second-order valence-electron chi connectivity index (χ2n) is 7.60. The van der Waals surface area contributed by atoms with Gasteiger partial charge in [0.05, 0.1) is 11.8 Å². The van der Waals surface area contributed by atoms with E-state index in [-0.39, 0.29) is 35.6 Å². The van der Waals surface area contributed by atoms with Crippen molar-refractivity contribution in [3.05, 3.63) is 0 Å². The van der Waals surface area contributed by atoms with Crippen LogP contribution in [0.15, 0.2) is 0 Å². The molecule has 0 radical (unpaired) electrons. The molecule has 1 aliphatic heterocycles. The number of likely N-dealkylation sites (tertiary alicyclic amines) is 1. The fraction of sp³-hybridized carbons (Fsp3) is 0.833. The van der Waals surface area contributed by atoms with Crippen molar-refractivity contribution in [2.45, 2.75) is 78.3 Å². The first-order chi connectivity index (χ1) is 10.8. The van der Waals surface area contributed by atoms with Crippen molar-refractivity contribution in [2.75, 3.05) is 0 Å². The lowest BCUT2D eigenvalue weighted by Gasteiger charge is -2.24. The molecule has 0 bridgehead atoms. The van der Waals surface area contributed by atoms with Gasteiger partial charge in [-0.1, -0.05) is 26.7 Å². The Hall–Kier alpha value is -1.39. The van der Waals surface area contributed by atoms with E-state index in [1.807, 2.05) is 6.92 Å². The highest BCUT2D eigenvalue weighted by molar-refractivity contribution is 6.08. The Kier molecular flexibility index (Phi) is 5.82. The van der Waals surface area contributed by atoms with E-state index < -0.39 is 6.04 Å². The first-order valence-corrected chi connectivity index (χ1v) is 9.00. The van der Waals surface area contributed by atoms with Crippen LogP contribution in [0.25, 0.3) is 0 Å². The third-order valence-corrected chi connectivity index (χ3v) is 5.21. The molecule has 4 unspecified atom stereocenters. The van der Waals surface area contributed by atoms with Gasteiger partial charge in [0.15, 0.2) is 0 Å². The Balaban J connectivity index is 1.96. The van der Waals surface area contributed by atoms with Gasteiger partial charge in [0.1, 0.15) is 6.04 Å². The highest BCUT2D eigenvalue weighted by Gasteiger charge is 2.50. The molecule has 0 aromatic rings. The predicted octanol–water partition coefficient (Wildman–Crippen LogP) is 2.49. The smallest absolute Gasteiger partial charge is 0.243 e. The van der Waals surface area contributed by atoms with Gasteiger partial charge in [-0.15, -0.1) is 0 Å². The molecule has 1 heterocycles. The standard InChI is InChI=1S/C18H30N2O3/c1-11(2)9-10-12(3)19-16(21)13(4)20-17(22)14-7-5-6-8-15(14)18(20)23/h11-15H,5-10H2,1-4H3,(H,19,21). The predicted molar refractivity (Wildman–Crippen MR) is 88.4 cm³/mol. The van der Waals surface area contributed by atoms with Crippen molar-refractivity contribution in [2.24, 2.45) is 17.8 Å². The number of carbonyl (C=O) groups is 3. The van der Waals surface area contributed by atoms with Gasteiger partial charge in [0.25, 0.3) is 0 Å². The number of hydrogen-bond donors (Lipinski definition) is 1. The van der Waals surface area contributed by atoms with Crippen molar-refractivity contribution in [3.63, 3.8) is 0 Å². The number of rotatable bonds is 6. The summed E-state index contributed by atoms with van der Waals surface area (Å²) in [5.74, 6) is -0.290. The highest BCUT2D eigenvalue weighted by Crippen LogP contribution is 2.38. The molecule has 2 rings (SSSR count). The van der Waals surface area contributed by atoms with Crippen molar-refractivity contribution >= 4 is 17.7 Å². The summed E-state index contributed by atoms with van der Waals surface area (Å²) in [6.45, 7) is 7.94. The summed E-state index contributed by atoms with van der Waals surface area (Å²) in [6, 6.07) is -0.649. The Labute approximate surface area is 139 Å². The molecule has 5 heteroatoms. The maximum Gasteiger partial charge on any atom is 0.243 e. The normalized spacial score (nSPS) is 27.1. The van der Waals surface area contributed by atoms with Crippen LogP contribution in [0.2, 0.25) is 0 Å². The van der Waals surface area contributed by atoms with Gasteiger partial charge in [0.2, 0.25) is 17.7 Å². The first kappa shape index (κ1) is 18.0. The quantitative estimate of drug-likeness (QED) is 0.764. The Morgan fingerprint density at radius 3 is 2.04 bits per heavy atom. The van der Waals surface area contributed by atoms with Crippen LogP contribution >= 0.6 is 0 Å². The van der Waals surface area contributed by atoms with Gasteiger partial charge in [-0.2, -0.15) is 0 Å². The molecular weight excluding hydrogens is 292 g/mol. The van der Waals surface area contributed by atoms with Crippen LogP contribution in [-0.2, 0) is 14.4 Å². The fourth-order valence-corrected chi connectivity index (χ4v) is 3.71. The molecule has 0 spiro atoms. The van der Waals surface area contributed by atoms with E-state index in [9.17, 15) is 14.4 Å².